The van der Waals surface area contributed by atoms with Crippen LogP contribution in [0.5, 0.6) is 0 Å². The van der Waals surface area contributed by atoms with Crippen molar-refractivity contribution in [1.29, 1.82) is 5.26 Å². The number of nitro groups is 1. The lowest BCUT2D eigenvalue weighted by Gasteiger charge is -2.06. The second kappa shape index (κ2) is 9.94. The van der Waals surface area contributed by atoms with E-state index < -0.39 is 10.8 Å². The maximum Gasteiger partial charge on any atom is 0.283 e. The fourth-order valence-electron chi connectivity index (χ4n) is 2.63. The Morgan fingerprint density at radius 1 is 1.13 bits per heavy atom. The molecular formula is C23H16ClN3O3S. The van der Waals surface area contributed by atoms with Crippen LogP contribution in [0.2, 0.25) is 5.02 Å². The van der Waals surface area contributed by atoms with Crippen molar-refractivity contribution in [2.75, 3.05) is 5.32 Å². The van der Waals surface area contributed by atoms with Gasteiger partial charge in [-0.2, -0.15) is 5.26 Å². The second-order valence-electron chi connectivity index (χ2n) is 6.53. The molecule has 0 aliphatic heterocycles. The molecule has 154 valence electrons. The smallest absolute Gasteiger partial charge is 0.283 e. The van der Waals surface area contributed by atoms with Crippen LogP contribution < -0.4 is 5.32 Å². The summed E-state index contributed by atoms with van der Waals surface area (Å²) >= 11 is 7.11. The minimum Gasteiger partial charge on any atom is -0.321 e. The number of halogens is 1. The lowest BCUT2D eigenvalue weighted by molar-refractivity contribution is -0.387. The number of rotatable bonds is 6. The van der Waals surface area contributed by atoms with E-state index in [-0.39, 0.29) is 11.3 Å². The molecule has 0 aliphatic carbocycles. The molecule has 1 N–H and O–H groups in total. The summed E-state index contributed by atoms with van der Waals surface area (Å²) in [5.74, 6) is -0.589. The van der Waals surface area contributed by atoms with Crippen LogP contribution in [0.1, 0.15) is 11.1 Å². The van der Waals surface area contributed by atoms with E-state index in [1.165, 1.54) is 23.9 Å². The zero-order valence-electron chi connectivity index (χ0n) is 16.3. The highest BCUT2D eigenvalue weighted by Crippen LogP contribution is 2.36. The number of amides is 1. The van der Waals surface area contributed by atoms with Crippen LogP contribution in [0.4, 0.5) is 11.4 Å². The van der Waals surface area contributed by atoms with Crippen LogP contribution in [0.25, 0.3) is 6.08 Å². The summed E-state index contributed by atoms with van der Waals surface area (Å²) in [5.41, 5.74) is 1.69. The molecule has 0 saturated heterocycles. The van der Waals surface area contributed by atoms with Gasteiger partial charge in [-0.25, -0.2) is 0 Å². The molecule has 0 fully saturated rings. The monoisotopic (exact) mass is 449 g/mol. The van der Waals surface area contributed by atoms with Crippen LogP contribution in [0, 0.1) is 28.4 Å². The van der Waals surface area contributed by atoms with Crippen LogP contribution in [0.15, 0.2) is 82.1 Å². The van der Waals surface area contributed by atoms with Gasteiger partial charge in [-0.1, -0.05) is 47.1 Å². The van der Waals surface area contributed by atoms with Gasteiger partial charge in [-0.15, -0.1) is 0 Å². The molecule has 31 heavy (non-hydrogen) atoms. The quantitative estimate of drug-likeness (QED) is 0.207. The first kappa shape index (κ1) is 22.1. The average Bonchev–Trinajstić information content (AvgIpc) is 2.75. The van der Waals surface area contributed by atoms with Crippen LogP contribution in [-0.2, 0) is 4.79 Å². The predicted octanol–water partition coefficient (Wildman–Crippen LogP) is 6.25. The van der Waals surface area contributed by atoms with Gasteiger partial charge in [-0.3, -0.25) is 14.9 Å². The molecule has 0 spiro atoms. The summed E-state index contributed by atoms with van der Waals surface area (Å²) in [6.45, 7) is 1.92. The Labute approximate surface area is 188 Å². The van der Waals surface area contributed by atoms with Gasteiger partial charge >= 0.3 is 0 Å². The number of nitriles is 1. The van der Waals surface area contributed by atoms with E-state index in [0.29, 0.717) is 21.2 Å². The van der Waals surface area contributed by atoms with E-state index in [9.17, 15) is 20.2 Å². The van der Waals surface area contributed by atoms with Gasteiger partial charge < -0.3 is 5.32 Å². The summed E-state index contributed by atoms with van der Waals surface area (Å²) in [4.78, 5) is 24.8. The number of hydrogen-bond donors (Lipinski definition) is 1. The maximum absolute atomic E-state index is 12.4. The largest absolute Gasteiger partial charge is 0.321 e. The van der Waals surface area contributed by atoms with Gasteiger partial charge in [0.1, 0.15) is 11.6 Å². The summed E-state index contributed by atoms with van der Waals surface area (Å²) in [5, 5.41) is 24.2. The van der Waals surface area contributed by atoms with Crippen LogP contribution >= 0.6 is 23.4 Å². The lowest BCUT2D eigenvalue weighted by atomic mass is 10.1. The standard InChI is InChI=1S/C23H16ClN3O3S/c1-15-2-7-19(8-3-15)26-23(28)17(14-25)12-16-4-11-22(21(13-16)27(29)30)31-20-9-5-18(24)6-10-20/h2-13H,1H3,(H,26,28)/b17-12-. The number of benzene rings is 3. The van der Waals surface area contributed by atoms with Crippen molar-refractivity contribution in [3.05, 3.63) is 98.6 Å². The highest BCUT2D eigenvalue weighted by Gasteiger charge is 2.17. The Balaban J connectivity index is 1.85. The first-order chi connectivity index (χ1) is 14.9. The molecular weight excluding hydrogens is 434 g/mol. The molecule has 0 saturated carbocycles. The first-order valence-corrected chi connectivity index (χ1v) is 10.3. The minimum absolute atomic E-state index is 0.120. The molecule has 1 amide bonds. The Hall–Kier alpha value is -3.60. The normalized spacial score (nSPS) is 10.9. The predicted molar refractivity (Wildman–Crippen MR) is 122 cm³/mol. The van der Waals surface area contributed by atoms with Gasteiger partial charge in [-0.05, 0) is 61.0 Å². The number of hydrogen-bond acceptors (Lipinski definition) is 5. The van der Waals surface area contributed by atoms with Crippen molar-refractivity contribution in [3.8, 4) is 6.07 Å². The number of carbonyl (C=O) groups is 1. The van der Waals surface area contributed by atoms with Crippen molar-refractivity contribution in [2.24, 2.45) is 0 Å². The molecule has 0 unspecified atom stereocenters. The summed E-state index contributed by atoms with van der Waals surface area (Å²) in [7, 11) is 0. The van der Waals surface area contributed by atoms with Crippen LogP contribution in [-0.4, -0.2) is 10.8 Å². The van der Waals surface area contributed by atoms with Gasteiger partial charge in [0.2, 0.25) is 0 Å². The zero-order chi connectivity index (χ0) is 22.4. The Kier molecular flexibility index (Phi) is 7.08. The number of nitrogens with zero attached hydrogens (tertiary/aromatic N) is 2. The van der Waals surface area contributed by atoms with Crippen molar-refractivity contribution < 1.29 is 9.72 Å². The summed E-state index contributed by atoms with van der Waals surface area (Å²) < 4.78 is 0. The highest BCUT2D eigenvalue weighted by atomic mass is 35.5. The molecule has 3 rings (SSSR count). The van der Waals surface area contributed by atoms with Crippen molar-refractivity contribution in [3.63, 3.8) is 0 Å². The number of carbonyl (C=O) groups excluding carboxylic acids is 1. The molecule has 3 aromatic rings. The molecule has 0 bridgehead atoms. The number of nitro benzene ring substituents is 1. The number of nitrogens with one attached hydrogen (secondary N) is 1. The Morgan fingerprint density at radius 3 is 2.42 bits per heavy atom. The fourth-order valence-corrected chi connectivity index (χ4v) is 3.66. The Morgan fingerprint density at radius 2 is 1.81 bits per heavy atom. The Bertz CT molecular complexity index is 1200. The number of aryl methyl sites for hydroxylation is 1. The molecule has 0 aliphatic rings. The maximum atomic E-state index is 12.4. The minimum atomic E-state index is -0.589. The molecule has 3 aromatic carbocycles. The number of anilines is 1. The van der Waals surface area contributed by atoms with E-state index in [0.717, 1.165) is 10.5 Å². The van der Waals surface area contributed by atoms with E-state index in [2.05, 4.69) is 5.32 Å². The summed E-state index contributed by atoms with van der Waals surface area (Å²) in [6, 6.07) is 20.5. The SMILES string of the molecule is Cc1ccc(NC(=O)/C(C#N)=C\c2ccc(Sc3ccc(Cl)cc3)c([N+](=O)[O-])c2)cc1. The van der Waals surface area contributed by atoms with Gasteiger partial charge in [0.05, 0.1) is 9.82 Å². The second-order valence-corrected chi connectivity index (χ2v) is 8.08. The summed E-state index contributed by atoms with van der Waals surface area (Å²) in [6.07, 6.45) is 1.33. The molecule has 8 heteroatoms. The van der Waals surface area contributed by atoms with Crippen LogP contribution in [0.3, 0.4) is 0 Å². The fraction of sp³-hybridized carbons (Fsp3) is 0.0435. The molecule has 0 heterocycles. The molecule has 6 nitrogen and oxygen atoms in total. The third-order valence-corrected chi connectivity index (χ3v) is 5.53. The third-order valence-electron chi connectivity index (χ3n) is 4.21. The van der Waals surface area contributed by atoms with Gasteiger partial charge in [0.15, 0.2) is 0 Å². The molecule has 0 atom stereocenters. The van der Waals surface area contributed by atoms with Gasteiger partial charge in [0, 0.05) is 21.7 Å². The van der Waals surface area contributed by atoms with Crippen molar-refractivity contribution in [1.82, 2.24) is 0 Å². The molecule has 0 aromatic heterocycles. The third kappa shape index (κ3) is 5.95. The van der Waals surface area contributed by atoms with Crippen molar-refractivity contribution in [2.45, 2.75) is 16.7 Å². The van der Waals surface area contributed by atoms with E-state index in [4.69, 9.17) is 11.6 Å². The topological polar surface area (TPSA) is 96.0 Å². The first-order valence-electron chi connectivity index (χ1n) is 9.07. The van der Waals surface area contributed by atoms with E-state index >= 15 is 0 Å². The lowest BCUT2D eigenvalue weighted by Crippen LogP contribution is -2.13. The average molecular weight is 450 g/mol. The van der Waals surface area contributed by atoms with E-state index in [1.807, 2.05) is 25.1 Å². The highest BCUT2D eigenvalue weighted by molar-refractivity contribution is 7.99. The molecule has 0 radical (unpaired) electrons. The van der Waals surface area contributed by atoms with Gasteiger partial charge in [0.25, 0.3) is 11.6 Å². The van der Waals surface area contributed by atoms with Crippen molar-refractivity contribution >= 4 is 46.7 Å². The van der Waals surface area contributed by atoms with E-state index in [1.54, 1.807) is 48.5 Å². The zero-order valence-corrected chi connectivity index (χ0v) is 17.9.